The third-order valence-corrected chi connectivity index (χ3v) is 10.3. The summed E-state index contributed by atoms with van der Waals surface area (Å²) in [4.78, 5) is 3.29. The predicted molar refractivity (Wildman–Crippen MR) is 189 cm³/mol. The molecule has 10 heteroatoms. The molecule has 0 saturated carbocycles. The van der Waals surface area contributed by atoms with Crippen LogP contribution in [0.15, 0.2) is 72.9 Å². The highest BCUT2D eigenvalue weighted by Gasteiger charge is 2.42. The average Bonchev–Trinajstić information content (AvgIpc) is 3.62. The Morgan fingerprint density at radius 1 is 0.920 bits per heavy atom. The number of phenolic OH excluding ortho intramolecular Hbond substituents is 2. The van der Waals surface area contributed by atoms with Gasteiger partial charge in [0.05, 0.1) is 27.1 Å². The molecule has 8 rings (SSSR count). The first kappa shape index (κ1) is 32.2. The number of hydrogen-bond donors (Lipinski definition) is 6. The largest absolute Gasteiger partial charge is 0.507 e. The van der Waals surface area contributed by atoms with E-state index in [0.29, 0.717) is 36.8 Å². The number of fused-ring (bicyclic) bond motifs is 5. The molecular formula is C40H40N2O8. The molecule has 5 aromatic rings. The van der Waals surface area contributed by atoms with Gasteiger partial charge in [0, 0.05) is 46.8 Å². The standard InChI is InChI=1S/C40H40N2O8/c1-41-20-48-37-16-28-30-15-29-25(21-3-8-31-22(13-21)11-12-42-31)5-6-26-32(45)10-7-27(38(26)29)39(30)36(49-24(18-43)19-44)17-34(28)50-40(37)23-4-9-33(46)35(14-23)47-2/h3-14,17,24-25,29,37,40-46H,15-16,18-20H2,1-2H3/t25-,29-,37+,40+/m0/s1. The van der Waals surface area contributed by atoms with E-state index in [9.17, 15) is 20.4 Å². The fourth-order valence-corrected chi connectivity index (χ4v) is 7.99. The smallest absolute Gasteiger partial charge is 0.160 e. The van der Waals surface area contributed by atoms with Crippen LogP contribution in [0.1, 0.15) is 51.3 Å². The number of hydrogen-bond acceptors (Lipinski definition) is 9. The molecule has 2 aliphatic carbocycles. The second-order valence-corrected chi connectivity index (χ2v) is 13.2. The number of aromatic amines is 1. The molecule has 3 aliphatic rings. The van der Waals surface area contributed by atoms with Gasteiger partial charge in [-0.25, -0.2) is 0 Å². The number of phenols is 2. The number of aromatic hydroxyl groups is 2. The Bertz CT molecular complexity index is 2100. The molecule has 10 nitrogen and oxygen atoms in total. The van der Waals surface area contributed by atoms with Gasteiger partial charge < -0.3 is 44.4 Å². The zero-order valence-corrected chi connectivity index (χ0v) is 27.8. The number of ether oxygens (including phenoxy) is 4. The number of nitrogens with one attached hydrogen (secondary N) is 2. The Labute approximate surface area is 289 Å². The number of methoxy groups -OCH3 is 1. The van der Waals surface area contributed by atoms with Gasteiger partial charge in [-0.1, -0.05) is 30.4 Å². The number of H-pyrrole nitrogens is 1. The normalized spacial score (nSPS) is 20.3. The molecule has 50 heavy (non-hydrogen) atoms. The summed E-state index contributed by atoms with van der Waals surface area (Å²) in [5, 5.41) is 45.8. The lowest BCUT2D eigenvalue weighted by molar-refractivity contribution is -0.0429. The summed E-state index contributed by atoms with van der Waals surface area (Å²) in [6, 6.07) is 19.2. The van der Waals surface area contributed by atoms with Gasteiger partial charge in [0.1, 0.15) is 29.5 Å². The molecule has 6 N–H and O–H groups in total. The first-order valence-electron chi connectivity index (χ1n) is 16.9. The molecule has 0 spiro atoms. The summed E-state index contributed by atoms with van der Waals surface area (Å²) < 4.78 is 25.0. The van der Waals surface area contributed by atoms with Gasteiger partial charge in [0.2, 0.25) is 0 Å². The van der Waals surface area contributed by atoms with E-state index < -0.39 is 18.3 Å². The Morgan fingerprint density at radius 3 is 2.54 bits per heavy atom. The Kier molecular flexibility index (Phi) is 8.40. The second kappa shape index (κ2) is 13.0. The molecule has 4 aromatic carbocycles. The van der Waals surface area contributed by atoms with Crippen molar-refractivity contribution < 1.29 is 39.4 Å². The molecule has 0 amide bonds. The van der Waals surface area contributed by atoms with Crippen LogP contribution < -0.4 is 19.5 Å². The second-order valence-electron chi connectivity index (χ2n) is 13.2. The summed E-state index contributed by atoms with van der Waals surface area (Å²) in [6.45, 7) is -0.445. The summed E-state index contributed by atoms with van der Waals surface area (Å²) >= 11 is 0. The minimum Gasteiger partial charge on any atom is -0.507 e. The topological polar surface area (TPSA) is 146 Å². The predicted octanol–water partition coefficient (Wildman–Crippen LogP) is 5.68. The van der Waals surface area contributed by atoms with E-state index in [1.54, 1.807) is 24.3 Å². The molecule has 0 fully saturated rings. The zero-order chi connectivity index (χ0) is 34.5. The molecule has 0 unspecified atom stereocenters. The van der Waals surface area contributed by atoms with E-state index in [0.717, 1.165) is 49.8 Å². The van der Waals surface area contributed by atoms with E-state index in [1.165, 1.54) is 12.7 Å². The molecule has 2 heterocycles. The van der Waals surface area contributed by atoms with Crippen LogP contribution in [0.5, 0.6) is 28.7 Å². The van der Waals surface area contributed by atoms with Crippen molar-refractivity contribution in [1.29, 1.82) is 0 Å². The highest BCUT2D eigenvalue weighted by Crippen LogP contribution is 2.57. The van der Waals surface area contributed by atoms with Crippen LogP contribution in [0, 0.1) is 0 Å². The number of allylic oxidation sites excluding steroid dienone is 1. The van der Waals surface area contributed by atoms with Crippen molar-refractivity contribution in [1.82, 2.24) is 10.3 Å². The van der Waals surface area contributed by atoms with Crippen molar-refractivity contribution in [2.75, 3.05) is 34.1 Å². The molecule has 1 aliphatic heterocycles. The SMILES string of the molecule is CNCO[C@@H]1Cc2c(cc(OC(CO)CO)c3c2C[C@@H]2c4c-3ccc(O)c4C=C[C@H]2c2ccc3[nH]ccc3c2)O[C@@H]1c1ccc(O)c(OC)c1. The van der Waals surface area contributed by atoms with Gasteiger partial charge in [-0.15, -0.1) is 0 Å². The number of aliphatic hydroxyl groups is 2. The van der Waals surface area contributed by atoms with Gasteiger partial charge in [-0.3, -0.25) is 5.32 Å². The molecular weight excluding hydrogens is 636 g/mol. The van der Waals surface area contributed by atoms with Gasteiger partial charge in [0.25, 0.3) is 0 Å². The lowest BCUT2D eigenvalue weighted by atomic mass is 9.65. The fourth-order valence-electron chi connectivity index (χ4n) is 7.99. The van der Waals surface area contributed by atoms with Crippen molar-refractivity contribution in [3.63, 3.8) is 0 Å². The van der Waals surface area contributed by atoms with Crippen LogP contribution in [0.4, 0.5) is 0 Å². The van der Waals surface area contributed by atoms with Crippen molar-refractivity contribution >= 4 is 17.0 Å². The average molecular weight is 677 g/mol. The van der Waals surface area contributed by atoms with Gasteiger partial charge in [-0.2, -0.15) is 0 Å². The van der Waals surface area contributed by atoms with E-state index in [-0.39, 0.29) is 36.5 Å². The zero-order valence-electron chi connectivity index (χ0n) is 27.8. The highest BCUT2D eigenvalue weighted by atomic mass is 16.6. The monoisotopic (exact) mass is 676 g/mol. The van der Waals surface area contributed by atoms with E-state index in [1.807, 2.05) is 31.5 Å². The van der Waals surface area contributed by atoms with Gasteiger partial charge in [-0.05, 0) is 89.0 Å². The molecule has 1 aromatic heterocycles. The van der Waals surface area contributed by atoms with Crippen LogP contribution in [0.25, 0.3) is 28.1 Å². The van der Waals surface area contributed by atoms with Crippen LogP contribution in [-0.4, -0.2) is 71.7 Å². The first-order valence-corrected chi connectivity index (χ1v) is 16.9. The maximum atomic E-state index is 11.1. The Morgan fingerprint density at radius 2 is 1.74 bits per heavy atom. The maximum absolute atomic E-state index is 11.1. The number of rotatable bonds is 10. The van der Waals surface area contributed by atoms with Crippen molar-refractivity contribution in [3.8, 4) is 39.9 Å². The van der Waals surface area contributed by atoms with E-state index in [2.05, 4.69) is 40.6 Å². The molecule has 0 radical (unpaired) electrons. The van der Waals surface area contributed by atoms with Crippen molar-refractivity contribution in [2.45, 2.75) is 43.0 Å². The third-order valence-electron chi connectivity index (χ3n) is 10.3. The first-order chi connectivity index (χ1) is 24.4. The highest BCUT2D eigenvalue weighted by molar-refractivity contribution is 5.88. The maximum Gasteiger partial charge on any atom is 0.160 e. The minimum absolute atomic E-state index is 0.0115. The van der Waals surface area contributed by atoms with Crippen LogP contribution in [0.3, 0.4) is 0 Å². The van der Waals surface area contributed by atoms with Gasteiger partial charge in [0.15, 0.2) is 17.6 Å². The van der Waals surface area contributed by atoms with Crippen LogP contribution in [0.2, 0.25) is 0 Å². The third kappa shape index (κ3) is 5.36. The van der Waals surface area contributed by atoms with Crippen molar-refractivity contribution in [2.24, 2.45) is 0 Å². The van der Waals surface area contributed by atoms with E-state index in [4.69, 9.17) is 18.9 Å². The Hall–Kier alpha value is -5.00. The lowest BCUT2D eigenvalue weighted by Crippen LogP contribution is -2.36. The summed E-state index contributed by atoms with van der Waals surface area (Å²) in [7, 11) is 3.33. The lowest BCUT2D eigenvalue weighted by Gasteiger charge is -2.41. The molecule has 4 atom stereocenters. The molecule has 0 bridgehead atoms. The quantitative estimate of drug-likeness (QED) is 0.103. The van der Waals surface area contributed by atoms with E-state index >= 15 is 0 Å². The molecule has 258 valence electrons. The van der Waals surface area contributed by atoms with Gasteiger partial charge >= 0.3 is 0 Å². The fraction of sp³-hybridized carbons (Fsp3) is 0.300. The summed E-state index contributed by atoms with van der Waals surface area (Å²) in [6.07, 6.45) is 5.53. The number of aromatic nitrogens is 1. The minimum atomic E-state index is -0.851. The van der Waals surface area contributed by atoms with Crippen LogP contribution >= 0.6 is 0 Å². The number of aliphatic hydroxyl groups excluding tert-OH is 2. The Balaban J connectivity index is 1.31. The summed E-state index contributed by atoms with van der Waals surface area (Å²) in [5.41, 5.74) is 8.70. The number of benzene rings is 4. The van der Waals surface area contributed by atoms with Crippen molar-refractivity contribution in [3.05, 3.63) is 106 Å². The van der Waals surface area contributed by atoms with Crippen LogP contribution in [-0.2, 0) is 17.6 Å². The molecule has 0 saturated heterocycles. The summed E-state index contributed by atoms with van der Waals surface area (Å²) in [5.74, 6) is 1.69.